The summed E-state index contributed by atoms with van der Waals surface area (Å²) in [6.45, 7) is 4.04. The van der Waals surface area contributed by atoms with Gasteiger partial charge in [-0.05, 0) is 67.5 Å². The molecule has 7 nitrogen and oxygen atoms in total. The van der Waals surface area contributed by atoms with Crippen molar-refractivity contribution in [1.29, 1.82) is 0 Å². The molecular formula is C24H26N4O3S. The largest absolute Gasteiger partial charge is 0.326 e. The van der Waals surface area contributed by atoms with E-state index < -0.39 is 10.0 Å². The molecule has 1 amide bonds. The van der Waals surface area contributed by atoms with Crippen molar-refractivity contribution >= 4 is 21.6 Å². The van der Waals surface area contributed by atoms with E-state index in [0.717, 1.165) is 12.1 Å². The highest BCUT2D eigenvalue weighted by molar-refractivity contribution is 7.89. The monoisotopic (exact) mass is 450 g/mol. The molecule has 8 heteroatoms. The zero-order valence-corrected chi connectivity index (χ0v) is 19.0. The minimum atomic E-state index is -3.61. The summed E-state index contributed by atoms with van der Waals surface area (Å²) < 4.78 is 27.5. The molecule has 2 aromatic carbocycles. The van der Waals surface area contributed by atoms with Gasteiger partial charge in [-0.25, -0.2) is 8.42 Å². The predicted molar refractivity (Wildman–Crippen MR) is 123 cm³/mol. The Bertz CT molecular complexity index is 1290. The highest BCUT2D eigenvalue weighted by Gasteiger charge is 2.34. The fourth-order valence-corrected chi connectivity index (χ4v) is 6.68. The summed E-state index contributed by atoms with van der Waals surface area (Å²) in [5.41, 5.74) is 6.82. The third-order valence-corrected chi connectivity index (χ3v) is 8.71. The molecule has 5 rings (SSSR count). The topological polar surface area (TPSA) is 95.2 Å². The van der Waals surface area contributed by atoms with Crippen molar-refractivity contribution in [3.05, 3.63) is 65.0 Å². The van der Waals surface area contributed by atoms with Crippen molar-refractivity contribution < 1.29 is 13.2 Å². The number of hydrogen-bond acceptors (Lipinski definition) is 4. The molecule has 0 spiro atoms. The summed E-state index contributed by atoms with van der Waals surface area (Å²) in [4.78, 5) is 13.1. The SMILES string of the molecule is Cc1n[nH]c(C)c1S(=O)(=O)N1CCC(C(=O)Nc2ccc3c(c2)Cc2ccccc2-3)CC1. The Morgan fingerprint density at radius 3 is 2.50 bits per heavy atom. The van der Waals surface area contributed by atoms with Gasteiger partial charge in [-0.1, -0.05) is 30.3 Å². The second kappa shape index (κ2) is 7.86. The van der Waals surface area contributed by atoms with E-state index in [1.54, 1.807) is 13.8 Å². The number of fused-ring (bicyclic) bond motifs is 3. The first-order chi connectivity index (χ1) is 15.3. The number of carbonyl (C=O) groups is 1. The molecule has 1 aliphatic carbocycles. The Kier molecular flexibility index (Phi) is 5.14. The molecule has 2 aliphatic rings. The van der Waals surface area contributed by atoms with E-state index in [2.05, 4.69) is 45.8 Å². The lowest BCUT2D eigenvalue weighted by Gasteiger charge is -2.30. The maximum Gasteiger partial charge on any atom is 0.246 e. The highest BCUT2D eigenvalue weighted by Crippen LogP contribution is 2.37. The van der Waals surface area contributed by atoms with E-state index in [9.17, 15) is 13.2 Å². The lowest BCUT2D eigenvalue weighted by Crippen LogP contribution is -2.41. The number of nitrogens with zero attached hydrogens (tertiary/aromatic N) is 2. The number of sulfonamides is 1. The first-order valence-corrected chi connectivity index (χ1v) is 12.3. The molecule has 0 atom stereocenters. The average Bonchev–Trinajstić information content (AvgIpc) is 3.32. The zero-order chi connectivity index (χ0) is 22.5. The molecule has 0 bridgehead atoms. The standard InChI is InChI=1S/C24H26N4O3S/c1-15-23(16(2)27-26-15)32(30,31)28-11-9-17(10-12-28)24(29)25-20-7-8-22-19(14-20)13-18-5-3-4-6-21(18)22/h3-8,14,17H,9-13H2,1-2H3,(H,25,29)(H,26,27). The van der Waals surface area contributed by atoms with Crippen LogP contribution in [-0.2, 0) is 21.2 Å². The van der Waals surface area contributed by atoms with Gasteiger partial charge in [-0.15, -0.1) is 0 Å². The van der Waals surface area contributed by atoms with Crippen LogP contribution in [0.5, 0.6) is 0 Å². The summed E-state index contributed by atoms with van der Waals surface area (Å²) >= 11 is 0. The molecule has 2 N–H and O–H groups in total. The summed E-state index contributed by atoms with van der Waals surface area (Å²) in [6.07, 6.45) is 1.87. The molecule has 0 saturated carbocycles. The zero-order valence-electron chi connectivity index (χ0n) is 18.2. The van der Waals surface area contributed by atoms with Crippen molar-refractivity contribution in [2.24, 2.45) is 5.92 Å². The minimum absolute atomic E-state index is 0.0480. The van der Waals surface area contributed by atoms with Gasteiger partial charge in [0.05, 0.1) is 11.4 Å². The summed E-state index contributed by atoms with van der Waals surface area (Å²) in [5.74, 6) is -0.258. The van der Waals surface area contributed by atoms with Crippen LogP contribution in [0.15, 0.2) is 47.4 Å². The highest BCUT2D eigenvalue weighted by atomic mass is 32.2. The van der Waals surface area contributed by atoms with Crippen LogP contribution in [0.3, 0.4) is 0 Å². The number of aryl methyl sites for hydroxylation is 2. The predicted octanol–water partition coefficient (Wildman–Crippen LogP) is 3.64. The molecule has 1 aliphatic heterocycles. The second-order valence-electron chi connectivity index (χ2n) is 8.64. The lowest BCUT2D eigenvalue weighted by molar-refractivity contribution is -0.120. The van der Waals surface area contributed by atoms with E-state index in [1.807, 2.05) is 12.1 Å². The molecule has 166 valence electrons. The number of rotatable bonds is 4. The van der Waals surface area contributed by atoms with Crippen molar-refractivity contribution in [2.75, 3.05) is 18.4 Å². The van der Waals surface area contributed by atoms with Crippen LogP contribution >= 0.6 is 0 Å². The number of nitrogens with one attached hydrogen (secondary N) is 2. The molecule has 1 saturated heterocycles. The van der Waals surface area contributed by atoms with E-state index in [4.69, 9.17) is 0 Å². The molecule has 2 heterocycles. The third kappa shape index (κ3) is 3.53. The molecule has 0 unspecified atom stereocenters. The van der Waals surface area contributed by atoms with Crippen LogP contribution in [-0.4, -0.2) is 41.9 Å². The van der Waals surface area contributed by atoms with E-state index in [0.29, 0.717) is 37.3 Å². The van der Waals surface area contributed by atoms with Gasteiger partial charge in [0, 0.05) is 24.7 Å². The summed E-state index contributed by atoms with van der Waals surface area (Å²) in [6, 6.07) is 14.4. The Hall–Kier alpha value is -2.97. The molecule has 1 aromatic heterocycles. The number of carbonyl (C=O) groups excluding carboxylic acids is 1. The molecule has 32 heavy (non-hydrogen) atoms. The lowest BCUT2D eigenvalue weighted by atomic mass is 9.97. The van der Waals surface area contributed by atoms with Crippen molar-refractivity contribution in [3.63, 3.8) is 0 Å². The normalized spacial score (nSPS) is 16.6. The van der Waals surface area contributed by atoms with Crippen molar-refractivity contribution in [3.8, 4) is 11.1 Å². The number of amides is 1. The summed E-state index contributed by atoms with van der Waals surface area (Å²) in [5, 5.41) is 9.80. The van der Waals surface area contributed by atoms with Crippen LogP contribution in [0.2, 0.25) is 0 Å². The van der Waals surface area contributed by atoms with Crippen molar-refractivity contribution in [1.82, 2.24) is 14.5 Å². The molecule has 3 aromatic rings. The number of piperidine rings is 1. The van der Waals surface area contributed by atoms with E-state index >= 15 is 0 Å². The number of anilines is 1. The molecular weight excluding hydrogens is 424 g/mol. The minimum Gasteiger partial charge on any atom is -0.326 e. The number of benzene rings is 2. The van der Waals surface area contributed by atoms with Gasteiger partial charge < -0.3 is 5.32 Å². The Morgan fingerprint density at radius 1 is 1.06 bits per heavy atom. The van der Waals surface area contributed by atoms with Gasteiger partial charge >= 0.3 is 0 Å². The fourth-order valence-electron chi connectivity index (χ4n) is 4.88. The second-order valence-corrected chi connectivity index (χ2v) is 10.5. The molecule has 0 radical (unpaired) electrons. The van der Waals surface area contributed by atoms with Crippen LogP contribution in [0.4, 0.5) is 5.69 Å². The Morgan fingerprint density at radius 2 is 1.78 bits per heavy atom. The maximum atomic E-state index is 13.0. The number of H-pyrrole nitrogens is 1. The van der Waals surface area contributed by atoms with Gasteiger partial charge in [-0.3, -0.25) is 9.89 Å². The van der Waals surface area contributed by atoms with Crippen LogP contribution < -0.4 is 5.32 Å². The fraction of sp³-hybridized carbons (Fsp3) is 0.333. The number of aromatic nitrogens is 2. The van der Waals surface area contributed by atoms with Gasteiger partial charge in [0.25, 0.3) is 0 Å². The number of aromatic amines is 1. The van der Waals surface area contributed by atoms with E-state index in [1.165, 1.54) is 26.6 Å². The van der Waals surface area contributed by atoms with Gasteiger partial charge in [-0.2, -0.15) is 9.40 Å². The smallest absolute Gasteiger partial charge is 0.246 e. The first-order valence-electron chi connectivity index (χ1n) is 10.9. The molecule has 1 fully saturated rings. The maximum absolute atomic E-state index is 13.0. The van der Waals surface area contributed by atoms with Gasteiger partial charge in [0.15, 0.2) is 0 Å². The number of hydrogen-bond donors (Lipinski definition) is 2. The van der Waals surface area contributed by atoms with Gasteiger partial charge in [0.2, 0.25) is 15.9 Å². The Labute approximate surface area is 187 Å². The first kappa shape index (κ1) is 20.9. The quantitative estimate of drug-likeness (QED) is 0.496. The average molecular weight is 451 g/mol. The Balaban J connectivity index is 1.24. The summed E-state index contributed by atoms with van der Waals surface area (Å²) in [7, 11) is -3.61. The van der Waals surface area contributed by atoms with Crippen LogP contribution in [0.25, 0.3) is 11.1 Å². The van der Waals surface area contributed by atoms with Crippen LogP contribution in [0.1, 0.15) is 35.4 Å². The van der Waals surface area contributed by atoms with Gasteiger partial charge in [0.1, 0.15) is 4.90 Å². The van der Waals surface area contributed by atoms with E-state index in [-0.39, 0.29) is 16.7 Å². The van der Waals surface area contributed by atoms with Crippen molar-refractivity contribution in [2.45, 2.75) is 38.0 Å². The van der Waals surface area contributed by atoms with Crippen LogP contribution in [0, 0.1) is 19.8 Å². The third-order valence-electron chi connectivity index (χ3n) is 6.54.